The zero-order valence-corrected chi connectivity index (χ0v) is 30.4. The molecule has 4 amide bonds. The highest BCUT2D eigenvalue weighted by Crippen LogP contribution is 2.26. The first-order valence-electron chi connectivity index (χ1n) is 16.5. The number of rotatable bonds is 16. The van der Waals surface area contributed by atoms with Crippen LogP contribution in [-0.2, 0) is 32.6 Å². The minimum absolute atomic E-state index is 0.0484. The number of halogens is 1. The third-order valence-corrected chi connectivity index (χ3v) is 10.7. The molecular formula is C37H46ClN5O6S. The average molecular weight is 724 g/mol. The van der Waals surface area contributed by atoms with Crippen LogP contribution in [0, 0.1) is 11.8 Å². The molecule has 3 atom stereocenters. The molecule has 0 spiro atoms. The van der Waals surface area contributed by atoms with Crippen LogP contribution in [0.5, 0.6) is 0 Å². The van der Waals surface area contributed by atoms with E-state index in [1.807, 2.05) is 68.4 Å². The molecule has 0 unspecified atom stereocenters. The first-order chi connectivity index (χ1) is 23.6. The molecule has 0 aromatic heterocycles. The number of carbonyl (C=O) groups excluding carboxylic acids is 3. The van der Waals surface area contributed by atoms with E-state index < -0.39 is 52.0 Å². The first-order valence-corrected chi connectivity index (χ1v) is 18.3. The van der Waals surface area contributed by atoms with Crippen LogP contribution in [0.2, 0.25) is 5.02 Å². The van der Waals surface area contributed by atoms with Crippen LogP contribution in [0.4, 0.5) is 10.5 Å². The lowest BCUT2D eigenvalue weighted by atomic mass is 9.97. The molecule has 4 N–H and O–H groups in total. The number of urea groups is 1. The molecule has 13 heteroatoms. The second-order valence-electron chi connectivity index (χ2n) is 13.3. The highest BCUT2D eigenvalue weighted by molar-refractivity contribution is 7.89. The monoisotopic (exact) mass is 723 g/mol. The van der Waals surface area contributed by atoms with E-state index in [4.69, 9.17) is 17.3 Å². The van der Waals surface area contributed by atoms with Crippen molar-refractivity contribution >= 4 is 51.2 Å². The van der Waals surface area contributed by atoms with Crippen molar-refractivity contribution in [2.75, 3.05) is 25.4 Å². The summed E-state index contributed by atoms with van der Waals surface area (Å²) >= 11 is 6.05. The fraction of sp³-hybridized carbons (Fsp3) is 0.378. The van der Waals surface area contributed by atoms with Gasteiger partial charge in [-0.1, -0.05) is 107 Å². The molecule has 3 aromatic carbocycles. The minimum Gasteiger partial charge on any atom is -0.397 e. The second-order valence-corrected chi connectivity index (χ2v) is 15.6. The van der Waals surface area contributed by atoms with Crippen molar-refractivity contribution in [1.82, 2.24) is 19.4 Å². The fourth-order valence-electron chi connectivity index (χ4n) is 5.94. The van der Waals surface area contributed by atoms with Gasteiger partial charge in [0.05, 0.1) is 34.3 Å². The van der Waals surface area contributed by atoms with Gasteiger partial charge in [-0.25, -0.2) is 13.2 Å². The Morgan fingerprint density at radius 2 is 1.68 bits per heavy atom. The smallest absolute Gasteiger partial charge is 0.328 e. The lowest BCUT2D eigenvalue weighted by Gasteiger charge is -2.34. The number of amides is 4. The number of sulfonamides is 1. The molecule has 50 heavy (non-hydrogen) atoms. The number of nitrogens with zero attached hydrogens (tertiary/aromatic N) is 3. The molecule has 3 aromatic rings. The molecule has 0 radical (unpaired) electrons. The Kier molecular flexibility index (Phi) is 12.8. The molecule has 0 bridgehead atoms. The van der Waals surface area contributed by atoms with Crippen molar-refractivity contribution in [3.8, 4) is 0 Å². The van der Waals surface area contributed by atoms with E-state index in [9.17, 15) is 27.9 Å². The van der Waals surface area contributed by atoms with Crippen molar-refractivity contribution in [2.45, 2.75) is 63.7 Å². The van der Waals surface area contributed by atoms with Crippen molar-refractivity contribution in [2.24, 2.45) is 11.8 Å². The summed E-state index contributed by atoms with van der Waals surface area (Å²) in [6.45, 7) is 10.5. The Bertz CT molecular complexity index is 1790. The largest absolute Gasteiger partial charge is 0.397 e. The van der Waals surface area contributed by atoms with E-state index in [-0.39, 0.29) is 54.1 Å². The summed E-state index contributed by atoms with van der Waals surface area (Å²) in [5, 5.41) is 14.9. The molecule has 1 aliphatic heterocycles. The zero-order valence-electron chi connectivity index (χ0n) is 28.8. The maximum absolute atomic E-state index is 14.1. The average Bonchev–Trinajstić information content (AvgIpc) is 3.33. The van der Waals surface area contributed by atoms with Gasteiger partial charge in [-0.2, -0.15) is 4.31 Å². The van der Waals surface area contributed by atoms with Gasteiger partial charge in [0.15, 0.2) is 0 Å². The number of hydrogen-bond donors (Lipinski definition) is 3. The summed E-state index contributed by atoms with van der Waals surface area (Å²) in [4.78, 5) is 43.1. The predicted molar refractivity (Wildman–Crippen MR) is 195 cm³/mol. The molecule has 0 saturated carbocycles. The van der Waals surface area contributed by atoms with E-state index in [1.165, 1.54) is 27.4 Å². The Morgan fingerprint density at radius 3 is 2.26 bits per heavy atom. The molecule has 268 valence electrons. The first kappa shape index (κ1) is 38.6. The highest BCUT2D eigenvalue weighted by atomic mass is 35.5. The number of aliphatic hydroxyl groups is 1. The molecule has 1 saturated heterocycles. The second kappa shape index (κ2) is 16.7. The van der Waals surface area contributed by atoms with Gasteiger partial charge in [-0.15, -0.1) is 0 Å². The molecule has 4 rings (SSSR count). The Labute approximate surface area is 299 Å². The number of hydrogen-bond acceptors (Lipinski definition) is 7. The number of carbonyl (C=O) groups is 3. The predicted octanol–water partition coefficient (Wildman–Crippen LogP) is 4.79. The van der Waals surface area contributed by atoms with Gasteiger partial charge in [-0.05, 0) is 53.1 Å². The van der Waals surface area contributed by atoms with Crippen LogP contribution in [-0.4, -0.2) is 83.3 Å². The van der Waals surface area contributed by atoms with Crippen molar-refractivity contribution < 1.29 is 27.9 Å². The summed E-state index contributed by atoms with van der Waals surface area (Å²) < 4.78 is 28.9. The Morgan fingerprint density at radius 1 is 1.02 bits per heavy atom. The van der Waals surface area contributed by atoms with Crippen LogP contribution >= 0.6 is 11.6 Å². The number of aliphatic hydroxyl groups excluding tert-OH is 1. The molecule has 1 fully saturated rings. The van der Waals surface area contributed by atoms with Crippen LogP contribution < -0.4 is 11.1 Å². The van der Waals surface area contributed by atoms with Crippen molar-refractivity contribution in [1.29, 1.82) is 0 Å². The van der Waals surface area contributed by atoms with Gasteiger partial charge in [0.2, 0.25) is 15.9 Å². The SMILES string of the molecule is C=Cc1ccc(CN2C(=O)CN([C@H](C(=O)N[C@@H](Cc3ccccc3)[C@@H](O)CN(CC(C)C)S(=O)(=O)c3ccc(Cl)c(N)c3)C(C)C)C2=O)cc1. The van der Waals surface area contributed by atoms with E-state index in [1.54, 1.807) is 19.9 Å². The molecule has 1 heterocycles. The molecule has 0 aliphatic carbocycles. The van der Waals surface area contributed by atoms with E-state index in [2.05, 4.69) is 11.9 Å². The van der Waals surface area contributed by atoms with E-state index in [0.29, 0.717) is 0 Å². The van der Waals surface area contributed by atoms with Crippen molar-refractivity contribution in [3.05, 3.63) is 101 Å². The van der Waals surface area contributed by atoms with Crippen molar-refractivity contribution in [3.63, 3.8) is 0 Å². The Balaban J connectivity index is 1.59. The zero-order chi connectivity index (χ0) is 36.7. The highest BCUT2D eigenvalue weighted by Gasteiger charge is 2.44. The van der Waals surface area contributed by atoms with Crippen LogP contribution in [0.3, 0.4) is 0 Å². The molecular weight excluding hydrogens is 678 g/mol. The van der Waals surface area contributed by atoms with Gasteiger partial charge in [0, 0.05) is 13.1 Å². The summed E-state index contributed by atoms with van der Waals surface area (Å²) in [5.74, 6) is -1.50. The maximum atomic E-state index is 14.1. The quantitative estimate of drug-likeness (QED) is 0.142. The van der Waals surface area contributed by atoms with Gasteiger partial charge in [-0.3, -0.25) is 14.5 Å². The summed E-state index contributed by atoms with van der Waals surface area (Å²) in [6.07, 6.45) is 0.500. The number of nitrogens with two attached hydrogens (primary N) is 1. The standard InChI is InChI=1S/C37H46ClN5O6S/c1-6-26-12-14-28(15-13-26)21-42-34(45)23-43(37(42)47)35(25(4)5)36(46)40-32(18-27-10-8-7-9-11-27)33(44)22-41(20-24(2)3)50(48,49)29-16-17-30(38)31(39)19-29/h6-17,19,24-25,32-33,35,44H,1,18,20-23,39H2,2-5H3,(H,40,46)/t32-,33-,35-/m0/s1. The summed E-state index contributed by atoms with van der Waals surface area (Å²) in [5.41, 5.74) is 8.47. The maximum Gasteiger partial charge on any atom is 0.328 e. The van der Waals surface area contributed by atoms with Gasteiger partial charge in [0.1, 0.15) is 12.6 Å². The number of nitrogen functional groups attached to an aromatic ring is 1. The number of imide groups is 1. The normalized spacial score (nSPS) is 15.5. The van der Waals surface area contributed by atoms with Gasteiger partial charge in [0.25, 0.3) is 5.91 Å². The molecule has 11 nitrogen and oxygen atoms in total. The molecule has 1 aliphatic rings. The third-order valence-electron chi connectivity index (χ3n) is 8.53. The number of nitrogens with one attached hydrogen (secondary N) is 1. The van der Waals surface area contributed by atoms with E-state index >= 15 is 0 Å². The van der Waals surface area contributed by atoms with Crippen LogP contribution in [0.25, 0.3) is 6.08 Å². The number of anilines is 1. The number of benzene rings is 3. The summed E-state index contributed by atoms with van der Waals surface area (Å²) in [6, 6.07) is 17.9. The lowest BCUT2D eigenvalue weighted by Crippen LogP contribution is -2.57. The fourth-order valence-corrected chi connectivity index (χ4v) is 7.72. The van der Waals surface area contributed by atoms with Crippen LogP contribution in [0.1, 0.15) is 44.4 Å². The summed E-state index contributed by atoms with van der Waals surface area (Å²) in [7, 11) is -4.14. The minimum atomic E-state index is -4.14. The van der Waals surface area contributed by atoms with E-state index in [0.717, 1.165) is 21.6 Å². The van der Waals surface area contributed by atoms with Gasteiger partial charge < -0.3 is 21.1 Å². The third kappa shape index (κ3) is 9.30. The Hall–Kier alpha value is -4.23. The van der Waals surface area contributed by atoms with Gasteiger partial charge >= 0.3 is 6.03 Å². The van der Waals surface area contributed by atoms with Crippen LogP contribution in [0.15, 0.2) is 84.3 Å². The topological polar surface area (TPSA) is 153 Å². The lowest BCUT2D eigenvalue weighted by molar-refractivity contribution is -0.129.